The van der Waals surface area contributed by atoms with Gasteiger partial charge in [-0.1, -0.05) is 17.3 Å². The summed E-state index contributed by atoms with van der Waals surface area (Å²) >= 11 is 0. The standard InChI is InChI=1S/C31H28FN7O3/c1-17-3-4-20(28-36-30(42-37-28)21-10-24(21)32)8-25(17)35-29(40)23-12-34-39-6-5-19(9-26(23)39)22-11-33-27(7-18(22)2)38-13-31(14-38)15-41-16-31/h3-9,11-12,21,24H,10,13-16H2,1-2H3,(H,35,40)/t21-,24-/m0/s1. The fourth-order valence-corrected chi connectivity index (χ4v) is 5.85. The van der Waals surface area contributed by atoms with Crippen LogP contribution in [0.2, 0.25) is 0 Å². The SMILES string of the molecule is Cc1ccc(-c2noc([C@H]3C[C@@H]3F)n2)cc1NC(=O)c1cnn2ccc(-c3cnc(N4CC5(COC5)C4)cc3C)cc12. The smallest absolute Gasteiger partial charge is 0.259 e. The Morgan fingerprint density at radius 2 is 1.90 bits per heavy atom. The van der Waals surface area contributed by atoms with Gasteiger partial charge in [-0.2, -0.15) is 10.1 Å². The molecule has 42 heavy (non-hydrogen) atoms. The number of aromatic nitrogens is 5. The van der Waals surface area contributed by atoms with E-state index in [-0.39, 0.29) is 11.8 Å². The summed E-state index contributed by atoms with van der Waals surface area (Å²) in [6.45, 7) is 7.64. The number of rotatable bonds is 6. The van der Waals surface area contributed by atoms with Crippen LogP contribution in [0, 0.1) is 19.3 Å². The normalized spacial score (nSPS) is 20.4. The van der Waals surface area contributed by atoms with Crippen LogP contribution in [0.1, 0.15) is 39.7 Å². The molecule has 1 aliphatic carbocycles. The van der Waals surface area contributed by atoms with E-state index in [9.17, 15) is 9.18 Å². The van der Waals surface area contributed by atoms with Crippen LogP contribution in [0.5, 0.6) is 0 Å². The molecule has 1 N–H and O–H groups in total. The number of anilines is 2. The molecule has 1 spiro atoms. The minimum Gasteiger partial charge on any atom is -0.380 e. The fraction of sp³-hybridized carbons (Fsp3) is 0.323. The predicted molar refractivity (Wildman–Crippen MR) is 153 cm³/mol. The maximum absolute atomic E-state index is 13.5. The molecule has 6 heterocycles. The van der Waals surface area contributed by atoms with E-state index in [2.05, 4.69) is 38.4 Å². The van der Waals surface area contributed by atoms with Crippen molar-refractivity contribution in [2.24, 2.45) is 5.41 Å². The van der Waals surface area contributed by atoms with Crippen molar-refractivity contribution >= 4 is 22.9 Å². The summed E-state index contributed by atoms with van der Waals surface area (Å²) in [5.41, 5.74) is 6.69. The first kappa shape index (κ1) is 25.1. The van der Waals surface area contributed by atoms with Crippen LogP contribution < -0.4 is 10.2 Å². The number of carbonyl (C=O) groups is 1. The molecule has 0 radical (unpaired) electrons. The van der Waals surface area contributed by atoms with Crippen LogP contribution in [0.4, 0.5) is 15.9 Å². The van der Waals surface area contributed by atoms with E-state index in [1.54, 1.807) is 16.8 Å². The third kappa shape index (κ3) is 4.14. The fourth-order valence-electron chi connectivity index (χ4n) is 5.85. The highest BCUT2D eigenvalue weighted by Crippen LogP contribution is 2.43. The molecule has 0 unspecified atom stereocenters. The van der Waals surface area contributed by atoms with E-state index in [0.29, 0.717) is 45.9 Å². The van der Waals surface area contributed by atoms with Crippen LogP contribution in [0.25, 0.3) is 28.0 Å². The maximum Gasteiger partial charge on any atom is 0.259 e. The zero-order valence-corrected chi connectivity index (χ0v) is 23.2. The third-order valence-electron chi connectivity index (χ3n) is 8.58. The number of hydrogen-bond acceptors (Lipinski definition) is 8. The predicted octanol–water partition coefficient (Wildman–Crippen LogP) is 4.98. The van der Waals surface area contributed by atoms with E-state index in [1.165, 1.54) is 0 Å². The maximum atomic E-state index is 13.5. The van der Waals surface area contributed by atoms with Gasteiger partial charge in [-0.3, -0.25) is 4.79 Å². The first-order valence-electron chi connectivity index (χ1n) is 14.0. The van der Waals surface area contributed by atoms with Gasteiger partial charge in [0.15, 0.2) is 0 Å². The molecule has 1 aromatic carbocycles. The summed E-state index contributed by atoms with van der Waals surface area (Å²) in [4.78, 5) is 24.9. The Kier molecular flexibility index (Phi) is 5.49. The molecule has 3 aliphatic rings. The van der Waals surface area contributed by atoms with Gasteiger partial charge in [-0.05, 0) is 61.2 Å². The molecular weight excluding hydrogens is 537 g/mol. The lowest BCUT2D eigenvalue weighted by Gasteiger charge is -2.55. The van der Waals surface area contributed by atoms with E-state index in [0.717, 1.165) is 54.4 Å². The molecule has 1 saturated carbocycles. The molecule has 2 atom stereocenters. The number of amides is 1. The Hall–Kier alpha value is -4.64. The summed E-state index contributed by atoms with van der Waals surface area (Å²) in [6, 6.07) is 11.6. The lowest BCUT2D eigenvalue weighted by atomic mass is 9.78. The summed E-state index contributed by atoms with van der Waals surface area (Å²) < 4.78 is 25.8. The van der Waals surface area contributed by atoms with Crippen molar-refractivity contribution in [1.29, 1.82) is 0 Å². The van der Waals surface area contributed by atoms with Crippen molar-refractivity contribution in [1.82, 2.24) is 24.7 Å². The Morgan fingerprint density at radius 1 is 1.07 bits per heavy atom. The van der Waals surface area contributed by atoms with Gasteiger partial charge < -0.3 is 19.5 Å². The molecule has 10 nitrogen and oxygen atoms in total. The Bertz CT molecular complexity index is 1870. The van der Waals surface area contributed by atoms with E-state index >= 15 is 0 Å². The van der Waals surface area contributed by atoms with Gasteiger partial charge in [-0.15, -0.1) is 0 Å². The highest BCUT2D eigenvalue weighted by Gasteiger charge is 2.49. The lowest BCUT2D eigenvalue weighted by molar-refractivity contribution is -0.127. The number of ether oxygens (including phenoxy) is 1. The number of alkyl halides is 1. The van der Waals surface area contributed by atoms with Crippen molar-refractivity contribution in [2.45, 2.75) is 32.4 Å². The van der Waals surface area contributed by atoms with Crippen LogP contribution in [-0.4, -0.2) is 63.1 Å². The second-order valence-corrected chi connectivity index (χ2v) is 11.8. The van der Waals surface area contributed by atoms with Gasteiger partial charge in [0.1, 0.15) is 12.0 Å². The third-order valence-corrected chi connectivity index (χ3v) is 8.58. The summed E-state index contributed by atoms with van der Waals surface area (Å²) in [6.07, 6.45) is 4.82. The Balaban J connectivity index is 1.04. The van der Waals surface area contributed by atoms with Crippen LogP contribution in [-0.2, 0) is 4.74 Å². The first-order valence-corrected chi connectivity index (χ1v) is 14.0. The van der Waals surface area contributed by atoms with Crippen molar-refractivity contribution in [3.63, 3.8) is 0 Å². The zero-order valence-electron chi connectivity index (χ0n) is 23.2. The van der Waals surface area contributed by atoms with Gasteiger partial charge in [0.2, 0.25) is 11.7 Å². The average molecular weight is 566 g/mol. The molecule has 0 bridgehead atoms. The molecule has 2 saturated heterocycles. The van der Waals surface area contributed by atoms with Crippen molar-refractivity contribution in [3.05, 3.63) is 77.6 Å². The van der Waals surface area contributed by atoms with Crippen LogP contribution >= 0.6 is 0 Å². The van der Waals surface area contributed by atoms with Gasteiger partial charge >= 0.3 is 0 Å². The lowest BCUT2D eigenvalue weighted by Crippen LogP contribution is -2.66. The quantitative estimate of drug-likeness (QED) is 0.307. The second kappa shape index (κ2) is 9.18. The van der Waals surface area contributed by atoms with Crippen LogP contribution in [0.15, 0.2) is 59.5 Å². The minimum absolute atomic E-state index is 0.286. The second-order valence-electron chi connectivity index (χ2n) is 11.8. The Labute approximate surface area is 240 Å². The number of aryl methyl sites for hydroxylation is 2. The molecule has 212 valence electrons. The number of halogens is 1. The average Bonchev–Trinajstić information content (AvgIpc) is 3.31. The van der Waals surface area contributed by atoms with Crippen molar-refractivity contribution in [3.8, 4) is 22.5 Å². The van der Waals surface area contributed by atoms with E-state index < -0.39 is 6.17 Å². The molecule has 1 amide bonds. The molecular formula is C31H28FN7O3. The first-order chi connectivity index (χ1) is 20.4. The largest absolute Gasteiger partial charge is 0.380 e. The summed E-state index contributed by atoms with van der Waals surface area (Å²) in [5, 5.41) is 11.4. The monoisotopic (exact) mass is 565 g/mol. The topological polar surface area (TPSA) is 111 Å². The van der Waals surface area contributed by atoms with Gasteiger partial charge in [0, 0.05) is 42.3 Å². The highest BCUT2D eigenvalue weighted by molar-refractivity contribution is 6.09. The number of benzene rings is 1. The number of fused-ring (bicyclic) bond motifs is 1. The van der Waals surface area contributed by atoms with Gasteiger partial charge in [-0.25, -0.2) is 13.9 Å². The summed E-state index contributed by atoms with van der Waals surface area (Å²) in [5.74, 6) is 1.05. The molecule has 2 aliphatic heterocycles. The van der Waals surface area contributed by atoms with Crippen molar-refractivity contribution in [2.75, 3.05) is 36.5 Å². The number of nitrogens with one attached hydrogen (secondary N) is 1. The zero-order chi connectivity index (χ0) is 28.6. The number of hydrogen-bond donors (Lipinski definition) is 1. The molecule has 11 heteroatoms. The number of nitrogens with zero attached hydrogens (tertiary/aromatic N) is 6. The Morgan fingerprint density at radius 3 is 2.64 bits per heavy atom. The van der Waals surface area contributed by atoms with E-state index in [1.807, 2.05) is 43.6 Å². The molecule has 4 aromatic heterocycles. The van der Waals surface area contributed by atoms with Crippen molar-refractivity contribution < 1.29 is 18.4 Å². The molecule has 5 aromatic rings. The van der Waals surface area contributed by atoms with Crippen LogP contribution in [0.3, 0.4) is 0 Å². The minimum atomic E-state index is -0.919. The summed E-state index contributed by atoms with van der Waals surface area (Å²) in [7, 11) is 0. The molecule has 3 fully saturated rings. The van der Waals surface area contributed by atoms with Gasteiger partial charge in [0.25, 0.3) is 5.91 Å². The highest BCUT2D eigenvalue weighted by atomic mass is 19.1. The number of pyridine rings is 2. The number of carbonyl (C=O) groups excluding carboxylic acids is 1. The van der Waals surface area contributed by atoms with Gasteiger partial charge in [0.05, 0.1) is 41.8 Å². The molecule has 8 rings (SSSR count). The van der Waals surface area contributed by atoms with E-state index in [4.69, 9.17) is 14.2 Å².